The van der Waals surface area contributed by atoms with Gasteiger partial charge in [-0.25, -0.2) is 0 Å². The maximum Gasteiger partial charge on any atom is 0.251 e. The molecular weight excluding hydrogens is 346 g/mol. The molecule has 0 spiro atoms. The first-order chi connectivity index (χ1) is 12.6. The second-order valence-electron chi connectivity index (χ2n) is 7.03. The van der Waals surface area contributed by atoms with Gasteiger partial charge in [0.2, 0.25) is 0 Å². The van der Waals surface area contributed by atoms with Gasteiger partial charge in [-0.2, -0.15) is 0 Å². The third kappa shape index (κ3) is 3.46. The van der Waals surface area contributed by atoms with Crippen LogP contribution in [-0.2, 0) is 6.42 Å². The fraction of sp³-hybridized carbons (Fsp3) is 0.381. The number of nitrogens with one attached hydrogen (secondary N) is 1. The van der Waals surface area contributed by atoms with Crippen LogP contribution in [0.4, 0.5) is 0 Å². The lowest BCUT2D eigenvalue weighted by Crippen LogP contribution is -2.41. The molecule has 4 nitrogen and oxygen atoms in total. The van der Waals surface area contributed by atoms with E-state index in [-0.39, 0.29) is 24.0 Å². The highest BCUT2D eigenvalue weighted by Gasteiger charge is 2.36. The van der Waals surface area contributed by atoms with Gasteiger partial charge in [0.15, 0.2) is 0 Å². The molecule has 1 fully saturated rings. The van der Waals surface area contributed by atoms with Gasteiger partial charge in [0.1, 0.15) is 5.75 Å². The van der Waals surface area contributed by atoms with E-state index < -0.39 is 0 Å². The predicted molar refractivity (Wildman–Crippen MR) is 103 cm³/mol. The normalized spacial score (nSPS) is 22.1. The number of aliphatic hydroxyl groups is 1. The summed E-state index contributed by atoms with van der Waals surface area (Å²) < 4.78 is 5.59. The summed E-state index contributed by atoms with van der Waals surface area (Å²) >= 11 is 1.66. The van der Waals surface area contributed by atoms with Crippen molar-refractivity contribution in [3.05, 3.63) is 59.2 Å². The zero-order valence-corrected chi connectivity index (χ0v) is 15.6. The largest absolute Gasteiger partial charge is 0.493 e. The fourth-order valence-electron chi connectivity index (χ4n) is 3.74. The molecule has 2 aromatic rings. The van der Waals surface area contributed by atoms with Crippen LogP contribution in [0, 0.1) is 5.92 Å². The lowest BCUT2D eigenvalue weighted by atomic mass is 9.74. The summed E-state index contributed by atoms with van der Waals surface area (Å²) in [5.74, 6) is 1.14. The van der Waals surface area contributed by atoms with Gasteiger partial charge in [-0.15, -0.1) is 11.8 Å². The number of rotatable bonds is 5. The van der Waals surface area contributed by atoms with Crippen molar-refractivity contribution in [3.8, 4) is 5.75 Å². The van der Waals surface area contributed by atoms with E-state index in [1.165, 1.54) is 5.56 Å². The number of carbonyl (C=O) groups is 1. The van der Waals surface area contributed by atoms with Crippen molar-refractivity contribution in [1.82, 2.24) is 5.32 Å². The van der Waals surface area contributed by atoms with Crippen LogP contribution in [0.3, 0.4) is 0 Å². The first kappa shape index (κ1) is 17.4. The zero-order valence-electron chi connectivity index (χ0n) is 14.8. The van der Waals surface area contributed by atoms with Crippen LogP contribution in [0.5, 0.6) is 5.75 Å². The highest BCUT2D eigenvalue weighted by Crippen LogP contribution is 2.40. The number of thioether (sulfide) groups is 1. The molecular formula is C21H23NO3S. The molecule has 1 heterocycles. The number of aliphatic hydroxyl groups excluding tert-OH is 1. The first-order valence-corrected chi connectivity index (χ1v) is 10.2. The van der Waals surface area contributed by atoms with Crippen LogP contribution in [0.1, 0.15) is 40.4 Å². The third-order valence-corrected chi connectivity index (χ3v) is 6.08. The average molecular weight is 369 g/mol. The van der Waals surface area contributed by atoms with Crippen molar-refractivity contribution >= 4 is 17.7 Å². The lowest BCUT2D eigenvalue weighted by Gasteiger charge is -2.38. The number of hydrogen-bond donors (Lipinski definition) is 2. The van der Waals surface area contributed by atoms with Crippen molar-refractivity contribution in [1.29, 1.82) is 0 Å². The van der Waals surface area contributed by atoms with Gasteiger partial charge in [0, 0.05) is 16.9 Å². The molecule has 1 aliphatic heterocycles. The van der Waals surface area contributed by atoms with E-state index in [1.807, 2.05) is 42.7 Å². The Labute approximate surface area is 158 Å². The third-order valence-electron chi connectivity index (χ3n) is 5.33. The molecule has 2 aliphatic rings. The molecule has 1 amide bonds. The number of fused-ring (bicyclic) bond motifs is 1. The molecule has 1 unspecified atom stereocenters. The van der Waals surface area contributed by atoms with E-state index in [2.05, 4.69) is 11.4 Å². The minimum atomic E-state index is -0.252. The Bertz CT molecular complexity index is 799. The molecule has 0 aromatic heterocycles. The quantitative estimate of drug-likeness (QED) is 0.791. The van der Waals surface area contributed by atoms with Gasteiger partial charge >= 0.3 is 0 Å². The van der Waals surface area contributed by atoms with Crippen LogP contribution in [0.2, 0.25) is 0 Å². The smallest absolute Gasteiger partial charge is 0.251 e. The van der Waals surface area contributed by atoms with Gasteiger partial charge in [-0.1, -0.05) is 6.07 Å². The Morgan fingerprint density at radius 3 is 2.69 bits per heavy atom. The maximum atomic E-state index is 12.8. The van der Waals surface area contributed by atoms with Gasteiger partial charge < -0.3 is 15.2 Å². The number of benzene rings is 2. The van der Waals surface area contributed by atoms with Gasteiger partial charge in [-0.05, 0) is 72.5 Å². The molecule has 1 saturated carbocycles. The van der Waals surface area contributed by atoms with Crippen molar-refractivity contribution < 1.29 is 14.6 Å². The van der Waals surface area contributed by atoms with Gasteiger partial charge in [0.25, 0.3) is 5.91 Å². The Balaban J connectivity index is 1.56. The maximum absolute atomic E-state index is 12.8. The minimum Gasteiger partial charge on any atom is -0.493 e. The summed E-state index contributed by atoms with van der Waals surface area (Å²) in [6.45, 7) is 0.722. The summed E-state index contributed by atoms with van der Waals surface area (Å²) in [6, 6.07) is 13.8. The topological polar surface area (TPSA) is 58.6 Å². The molecule has 2 aromatic carbocycles. The summed E-state index contributed by atoms with van der Waals surface area (Å²) in [4.78, 5) is 13.9. The van der Waals surface area contributed by atoms with Crippen LogP contribution in [0.25, 0.3) is 0 Å². The Morgan fingerprint density at radius 1 is 1.23 bits per heavy atom. The standard InChI is InChI=1S/C21H23NO3S/c1-26-18-5-2-13(3-6-18)21(24)22-20(16-11-17(23)12-16)15-4-7-19-14(10-15)8-9-25-19/h2-7,10,16-17,20,23H,8-9,11-12H2,1H3,(H,22,24). The second kappa shape index (κ2) is 7.33. The van der Waals surface area contributed by atoms with E-state index in [9.17, 15) is 9.90 Å². The van der Waals surface area contributed by atoms with Crippen LogP contribution >= 0.6 is 11.8 Å². The minimum absolute atomic E-state index is 0.0687. The Hall–Kier alpha value is -1.98. The molecule has 0 bridgehead atoms. The SMILES string of the molecule is CSc1ccc(C(=O)NC(c2ccc3c(c2)CCO3)C2CC(O)C2)cc1. The second-order valence-corrected chi connectivity index (χ2v) is 7.91. The molecule has 4 rings (SSSR count). The summed E-state index contributed by atoms with van der Waals surface area (Å²) in [5, 5.41) is 12.9. The molecule has 26 heavy (non-hydrogen) atoms. The highest BCUT2D eigenvalue weighted by atomic mass is 32.2. The number of hydrogen-bond acceptors (Lipinski definition) is 4. The monoisotopic (exact) mass is 369 g/mol. The van der Waals surface area contributed by atoms with Gasteiger partial charge in [0.05, 0.1) is 18.8 Å². The van der Waals surface area contributed by atoms with Crippen molar-refractivity contribution in [2.24, 2.45) is 5.92 Å². The van der Waals surface area contributed by atoms with Crippen molar-refractivity contribution in [2.75, 3.05) is 12.9 Å². The highest BCUT2D eigenvalue weighted by molar-refractivity contribution is 7.98. The lowest BCUT2D eigenvalue weighted by molar-refractivity contribution is 0.0235. The van der Waals surface area contributed by atoms with E-state index >= 15 is 0 Å². The van der Waals surface area contributed by atoms with E-state index in [0.29, 0.717) is 5.56 Å². The van der Waals surface area contributed by atoms with Crippen molar-refractivity contribution in [2.45, 2.75) is 36.3 Å². The van der Waals surface area contributed by atoms with Crippen LogP contribution in [0.15, 0.2) is 47.4 Å². The number of ether oxygens (including phenoxy) is 1. The molecule has 136 valence electrons. The summed E-state index contributed by atoms with van der Waals surface area (Å²) in [6.07, 6.45) is 4.13. The average Bonchev–Trinajstić information content (AvgIpc) is 3.11. The van der Waals surface area contributed by atoms with E-state index in [0.717, 1.165) is 42.1 Å². The Kier molecular flexibility index (Phi) is 4.92. The van der Waals surface area contributed by atoms with E-state index in [1.54, 1.807) is 11.8 Å². The molecule has 5 heteroatoms. The zero-order chi connectivity index (χ0) is 18.1. The molecule has 1 atom stereocenters. The molecule has 0 radical (unpaired) electrons. The predicted octanol–water partition coefficient (Wildman–Crippen LogP) is 3.59. The summed E-state index contributed by atoms with van der Waals surface area (Å²) in [5.41, 5.74) is 2.96. The number of amides is 1. The van der Waals surface area contributed by atoms with Crippen molar-refractivity contribution in [3.63, 3.8) is 0 Å². The molecule has 2 N–H and O–H groups in total. The van der Waals surface area contributed by atoms with Crippen LogP contribution in [-0.4, -0.2) is 30.0 Å². The van der Waals surface area contributed by atoms with E-state index in [4.69, 9.17) is 4.74 Å². The molecule has 1 aliphatic carbocycles. The Morgan fingerprint density at radius 2 is 2.00 bits per heavy atom. The molecule has 0 saturated heterocycles. The number of carbonyl (C=O) groups excluding carboxylic acids is 1. The summed E-state index contributed by atoms with van der Waals surface area (Å²) in [7, 11) is 0. The first-order valence-electron chi connectivity index (χ1n) is 9.02. The van der Waals surface area contributed by atoms with Crippen LogP contribution < -0.4 is 10.1 Å². The van der Waals surface area contributed by atoms with Gasteiger partial charge in [-0.3, -0.25) is 4.79 Å². The fourth-order valence-corrected chi connectivity index (χ4v) is 4.15.